The van der Waals surface area contributed by atoms with Crippen molar-refractivity contribution in [1.82, 2.24) is 10.2 Å². The number of carbonyl (C=O) groups is 1. The number of nitrogens with zero attached hydrogens (tertiary/aromatic N) is 1. The highest BCUT2D eigenvalue weighted by molar-refractivity contribution is 5.93. The van der Waals surface area contributed by atoms with E-state index in [-0.39, 0.29) is 12.0 Å². The van der Waals surface area contributed by atoms with Crippen molar-refractivity contribution in [3.63, 3.8) is 0 Å². The number of nitrogens with one attached hydrogen (secondary N) is 1. The summed E-state index contributed by atoms with van der Waals surface area (Å²) in [5, 5.41) is 3.24. The first kappa shape index (κ1) is 13.6. The fourth-order valence-electron chi connectivity index (χ4n) is 1.87. The summed E-state index contributed by atoms with van der Waals surface area (Å²) in [5.74, 6) is 5.33. The van der Waals surface area contributed by atoms with Crippen molar-refractivity contribution in [3.8, 4) is 11.8 Å². The molecule has 1 saturated heterocycles. The molecule has 1 N–H and O–H groups in total. The van der Waals surface area contributed by atoms with E-state index in [1.165, 1.54) is 0 Å². The Balaban J connectivity index is 1.87. The maximum atomic E-state index is 11.9. The zero-order valence-electron chi connectivity index (χ0n) is 11.1. The summed E-state index contributed by atoms with van der Waals surface area (Å²) in [6.45, 7) is 2.92. The Kier molecular flexibility index (Phi) is 4.96. The van der Waals surface area contributed by atoms with Crippen LogP contribution in [0, 0.1) is 11.8 Å². The van der Waals surface area contributed by atoms with E-state index in [1.807, 2.05) is 30.3 Å². The number of morpholine rings is 1. The van der Waals surface area contributed by atoms with Gasteiger partial charge in [0.15, 0.2) is 0 Å². The maximum Gasteiger partial charge on any atom is 0.298 e. The third kappa shape index (κ3) is 4.40. The van der Waals surface area contributed by atoms with Crippen molar-refractivity contribution in [1.29, 1.82) is 0 Å². The molecule has 2 rings (SSSR count). The lowest BCUT2D eigenvalue weighted by molar-refractivity contribution is -0.126. The summed E-state index contributed by atoms with van der Waals surface area (Å²) >= 11 is 0. The van der Waals surface area contributed by atoms with Crippen LogP contribution < -0.4 is 5.32 Å². The van der Waals surface area contributed by atoms with Crippen LogP contribution in [0.5, 0.6) is 0 Å². The number of hydrogen-bond donors (Lipinski definition) is 1. The summed E-state index contributed by atoms with van der Waals surface area (Å²) in [7, 11) is 1.75. The number of rotatable bonds is 2. The maximum absolute atomic E-state index is 11.9. The zero-order valence-corrected chi connectivity index (χ0v) is 11.1. The van der Waals surface area contributed by atoms with Gasteiger partial charge < -0.3 is 15.0 Å². The third-order valence-electron chi connectivity index (χ3n) is 2.92. The Morgan fingerprint density at radius 3 is 2.95 bits per heavy atom. The number of carbonyl (C=O) groups excluding carboxylic acids is 1. The van der Waals surface area contributed by atoms with Gasteiger partial charge in [0.25, 0.3) is 5.91 Å². The van der Waals surface area contributed by atoms with Crippen LogP contribution in [0.15, 0.2) is 30.3 Å². The van der Waals surface area contributed by atoms with Gasteiger partial charge >= 0.3 is 0 Å². The summed E-state index contributed by atoms with van der Waals surface area (Å²) in [5.41, 5.74) is 0.847. The molecule has 1 aliphatic heterocycles. The average Bonchev–Trinajstić information content (AvgIpc) is 2.47. The molecule has 0 radical (unpaired) electrons. The molecule has 1 heterocycles. The van der Waals surface area contributed by atoms with Crippen molar-refractivity contribution < 1.29 is 9.53 Å². The molecule has 1 aliphatic rings. The number of benzene rings is 1. The van der Waals surface area contributed by atoms with Crippen LogP contribution in [0.2, 0.25) is 0 Å². The molecular weight excluding hydrogens is 240 g/mol. The Hall–Kier alpha value is -1.83. The lowest BCUT2D eigenvalue weighted by atomic mass is 10.2. The minimum absolute atomic E-state index is 0.0567. The second kappa shape index (κ2) is 6.93. The minimum atomic E-state index is -0.182. The molecule has 0 aromatic heterocycles. The number of ether oxygens (including phenoxy) is 1. The van der Waals surface area contributed by atoms with Gasteiger partial charge in [0.2, 0.25) is 0 Å². The second-order valence-electron chi connectivity index (χ2n) is 4.50. The molecular formula is C15H18N2O2. The predicted molar refractivity (Wildman–Crippen MR) is 73.6 cm³/mol. The van der Waals surface area contributed by atoms with Crippen LogP contribution in [-0.4, -0.2) is 50.2 Å². The van der Waals surface area contributed by atoms with Crippen LogP contribution in [0.1, 0.15) is 5.56 Å². The van der Waals surface area contributed by atoms with E-state index in [0.29, 0.717) is 13.2 Å². The first-order valence-corrected chi connectivity index (χ1v) is 6.40. The summed E-state index contributed by atoms with van der Waals surface area (Å²) in [4.78, 5) is 13.5. The Morgan fingerprint density at radius 1 is 1.47 bits per heavy atom. The van der Waals surface area contributed by atoms with Crippen molar-refractivity contribution in [2.45, 2.75) is 6.10 Å². The van der Waals surface area contributed by atoms with Gasteiger partial charge in [-0.1, -0.05) is 24.1 Å². The van der Waals surface area contributed by atoms with Crippen molar-refractivity contribution >= 4 is 5.91 Å². The van der Waals surface area contributed by atoms with Crippen LogP contribution >= 0.6 is 0 Å². The summed E-state index contributed by atoms with van der Waals surface area (Å²) in [6.07, 6.45) is 0.0567. The van der Waals surface area contributed by atoms with E-state index < -0.39 is 0 Å². The van der Waals surface area contributed by atoms with E-state index in [9.17, 15) is 4.79 Å². The molecule has 0 aliphatic carbocycles. The van der Waals surface area contributed by atoms with E-state index >= 15 is 0 Å². The van der Waals surface area contributed by atoms with Gasteiger partial charge in [-0.2, -0.15) is 0 Å². The van der Waals surface area contributed by atoms with Crippen LogP contribution in [0.3, 0.4) is 0 Å². The first-order chi connectivity index (χ1) is 9.25. The molecule has 0 spiro atoms. The third-order valence-corrected chi connectivity index (χ3v) is 2.92. The van der Waals surface area contributed by atoms with Gasteiger partial charge in [0, 0.05) is 38.2 Å². The summed E-state index contributed by atoms with van der Waals surface area (Å²) < 4.78 is 5.56. The van der Waals surface area contributed by atoms with Gasteiger partial charge in [-0.05, 0) is 12.1 Å². The average molecular weight is 258 g/mol. The molecule has 0 saturated carbocycles. The molecule has 1 aromatic carbocycles. The normalized spacial score (nSPS) is 18.3. The lowest BCUT2D eigenvalue weighted by Crippen LogP contribution is -2.45. The number of amides is 1. The smallest absolute Gasteiger partial charge is 0.298 e. The van der Waals surface area contributed by atoms with E-state index in [0.717, 1.165) is 18.7 Å². The van der Waals surface area contributed by atoms with Gasteiger partial charge in [-0.15, -0.1) is 0 Å². The monoisotopic (exact) mass is 258 g/mol. The van der Waals surface area contributed by atoms with Crippen LogP contribution in [0.4, 0.5) is 0 Å². The molecule has 1 unspecified atom stereocenters. The molecule has 1 amide bonds. The first-order valence-electron chi connectivity index (χ1n) is 6.40. The van der Waals surface area contributed by atoms with Gasteiger partial charge in [-0.25, -0.2) is 0 Å². The Labute approximate surface area is 113 Å². The fraction of sp³-hybridized carbons (Fsp3) is 0.400. The van der Waals surface area contributed by atoms with Gasteiger partial charge in [0.1, 0.15) is 0 Å². The van der Waals surface area contributed by atoms with Crippen molar-refractivity contribution in [2.24, 2.45) is 0 Å². The second-order valence-corrected chi connectivity index (χ2v) is 4.50. The number of likely N-dealkylation sites (N-methyl/N-ethyl adjacent to an activating group) is 1. The highest BCUT2D eigenvalue weighted by Crippen LogP contribution is 1.99. The molecule has 0 bridgehead atoms. The van der Waals surface area contributed by atoms with E-state index in [1.54, 1.807) is 11.9 Å². The fourth-order valence-corrected chi connectivity index (χ4v) is 1.87. The molecule has 1 atom stereocenters. The number of hydrogen-bond acceptors (Lipinski definition) is 3. The SMILES string of the molecule is CN(CC1CNCCO1)C(=O)C#Cc1ccccc1. The lowest BCUT2D eigenvalue weighted by Gasteiger charge is -2.27. The molecule has 4 heteroatoms. The highest BCUT2D eigenvalue weighted by atomic mass is 16.5. The minimum Gasteiger partial charge on any atom is -0.374 e. The van der Waals surface area contributed by atoms with Crippen molar-refractivity contribution in [3.05, 3.63) is 35.9 Å². The molecule has 1 fully saturated rings. The van der Waals surface area contributed by atoms with E-state index in [2.05, 4.69) is 17.2 Å². The van der Waals surface area contributed by atoms with Crippen molar-refractivity contribution in [2.75, 3.05) is 33.3 Å². The van der Waals surface area contributed by atoms with E-state index in [4.69, 9.17) is 4.74 Å². The summed E-state index contributed by atoms with van der Waals surface area (Å²) in [6, 6.07) is 9.49. The predicted octanol–water partition coefficient (Wildman–Crippen LogP) is 0.485. The van der Waals surface area contributed by atoms with Gasteiger partial charge in [-0.3, -0.25) is 4.79 Å². The highest BCUT2D eigenvalue weighted by Gasteiger charge is 2.17. The molecule has 4 nitrogen and oxygen atoms in total. The Bertz CT molecular complexity index is 470. The molecule has 100 valence electrons. The largest absolute Gasteiger partial charge is 0.374 e. The standard InChI is InChI=1S/C15H18N2O2/c1-17(12-14-11-16-9-10-19-14)15(18)8-7-13-5-3-2-4-6-13/h2-6,14,16H,9-12H2,1H3. The Morgan fingerprint density at radius 2 is 2.26 bits per heavy atom. The quantitative estimate of drug-likeness (QED) is 0.785. The van der Waals surface area contributed by atoms with Gasteiger partial charge in [0.05, 0.1) is 12.7 Å². The zero-order chi connectivity index (χ0) is 13.5. The van der Waals surface area contributed by atoms with Crippen LogP contribution in [0.25, 0.3) is 0 Å². The molecule has 19 heavy (non-hydrogen) atoms. The van der Waals surface area contributed by atoms with Crippen LogP contribution in [-0.2, 0) is 9.53 Å². The topological polar surface area (TPSA) is 41.6 Å². The molecule has 1 aromatic rings.